The van der Waals surface area contributed by atoms with E-state index < -0.39 is 6.03 Å². The fourth-order valence-electron chi connectivity index (χ4n) is 1.11. The lowest BCUT2D eigenvalue weighted by atomic mass is 10.2. The van der Waals surface area contributed by atoms with Crippen molar-refractivity contribution >= 4 is 11.7 Å². The van der Waals surface area contributed by atoms with Crippen LogP contribution in [0.2, 0.25) is 0 Å². The number of nitrogens with zero attached hydrogens (tertiary/aromatic N) is 1. The van der Waals surface area contributed by atoms with Gasteiger partial charge >= 0.3 is 6.03 Å². The molecular weight excluding hydrogens is 210 g/mol. The maximum Gasteiger partial charge on any atom is 0.332 e. The van der Waals surface area contributed by atoms with Gasteiger partial charge in [-0.05, 0) is 12.1 Å². The molecule has 0 unspecified atom stereocenters. The zero-order valence-corrected chi connectivity index (χ0v) is 8.90. The second-order valence-electron chi connectivity index (χ2n) is 2.76. The van der Waals surface area contributed by atoms with E-state index in [2.05, 4.69) is 5.32 Å². The Morgan fingerprint density at radius 2 is 2.12 bits per heavy atom. The molecule has 0 heterocycles. The topological polar surface area (TPSA) is 83.4 Å². The lowest BCUT2D eigenvalue weighted by molar-refractivity contribution is 0.255. The van der Waals surface area contributed by atoms with Gasteiger partial charge in [-0.15, -0.1) is 0 Å². The van der Waals surface area contributed by atoms with Gasteiger partial charge < -0.3 is 14.8 Å². The summed E-state index contributed by atoms with van der Waals surface area (Å²) in [5.41, 5.74) is 0.455. The van der Waals surface area contributed by atoms with Crippen molar-refractivity contribution in [3.8, 4) is 17.7 Å². The highest BCUT2D eigenvalue weighted by Crippen LogP contribution is 2.28. The van der Waals surface area contributed by atoms with E-state index in [1.165, 1.54) is 20.4 Å². The standard InChI is InChI=1S/C10H11N3O3/c1-15-7-3-4-8(9(5-7)16-2)13-10(14)12-6-11/h3-5H,1-2H3,(H2,12,13,14). The van der Waals surface area contributed by atoms with E-state index >= 15 is 0 Å². The van der Waals surface area contributed by atoms with E-state index in [4.69, 9.17) is 14.7 Å². The number of ether oxygens (including phenoxy) is 2. The Hall–Kier alpha value is -2.42. The third kappa shape index (κ3) is 2.78. The van der Waals surface area contributed by atoms with Crippen LogP contribution in [0.25, 0.3) is 0 Å². The summed E-state index contributed by atoms with van der Waals surface area (Å²) < 4.78 is 10.1. The van der Waals surface area contributed by atoms with Gasteiger partial charge in [0.25, 0.3) is 0 Å². The molecule has 0 radical (unpaired) electrons. The monoisotopic (exact) mass is 221 g/mol. The summed E-state index contributed by atoms with van der Waals surface area (Å²) in [7, 11) is 3.01. The minimum Gasteiger partial charge on any atom is -0.497 e. The van der Waals surface area contributed by atoms with Crippen LogP contribution in [0.5, 0.6) is 11.5 Å². The molecule has 16 heavy (non-hydrogen) atoms. The summed E-state index contributed by atoms with van der Waals surface area (Å²) in [6, 6.07) is 4.30. The van der Waals surface area contributed by atoms with E-state index in [1.807, 2.05) is 5.32 Å². The third-order valence-electron chi connectivity index (χ3n) is 1.83. The number of hydrogen-bond acceptors (Lipinski definition) is 4. The Labute approximate surface area is 92.8 Å². The predicted octanol–water partition coefficient (Wildman–Crippen LogP) is 1.31. The Morgan fingerprint density at radius 3 is 2.69 bits per heavy atom. The molecule has 0 aromatic heterocycles. The number of anilines is 1. The zero-order chi connectivity index (χ0) is 12.0. The Kier molecular flexibility index (Phi) is 3.98. The van der Waals surface area contributed by atoms with Crippen LogP contribution < -0.4 is 20.1 Å². The van der Waals surface area contributed by atoms with E-state index in [0.717, 1.165) is 0 Å². The van der Waals surface area contributed by atoms with Gasteiger partial charge in [-0.25, -0.2) is 10.1 Å². The minimum absolute atomic E-state index is 0.451. The number of carbonyl (C=O) groups is 1. The number of benzene rings is 1. The molecule has 84 valence electrons. The average molecular weight is 221 g/mol. The van der Waals surface area contributed by atoms with Gasteiger partial charge in [0.1, 0.15) is 11.5 Å². The largest absolute Gasteiger partial charge is 0.497 e. The highest BCUT2D eigenvalue weighted by atomic mass is 16.5. The molecule has 6 nitrogen and oxygen atoms in total. The Morgan fingerprint density at radius 1 is 1.38 bits per heavy atom. The number of carbonyl (C=O) groups excluding carboxylic acids is 1. The van der Waals surface area contributed by atoms with E-state index in [9.17, 15) is 4.79 Å². The van der Waals surface area contributed by atoms with Gasteiger partial charge in [0, 0.05) is 6.07 Å². The normalized spacial score (nSPS) is 8.81. The smallest absolute Gasteiger partial charge is 0.332 e. The van der Waals surface area contributed by atoms with Crippen molar-refractivity contribution in [1.29, 1.82) is 5.26 Å². The molecule has 0 saturated carbocycles. The van der Waals surface area contributed by atoms with E-state index in [0.29, 0.717) is 17.2 Å². The summed E-state index contributed by atoms with van der Waals surface area (Å²) in [6.07, 6.45) is 1.52. The second-order valence-corrected chi connectivity index (χ2v) is 2.76. The summed E-state index contributed by atoms with van der Waals surface area (Å²) in [5, 5.41) is 12.7. The number of methoxy groups -OCH3 is 2. The minimum atomic E-state index is -0.619. The molecule has 0 bridgehead atoms. The number of rotatable bonds is 3. The van der Waals surface area contributed by atoms with Crippen molar-refractivity contribution in [2.24, 2.45) is 0 Å². The van der Waals surface area contributed by atoms with Crippen molar-refractivity contribution < 1.29 is 14.3 Å². The molecule has 2 amide bonds. The van der Waals surface area contributed by atoms with Gasteiger partial charge in [-0.2, -0.15) is 5.26 Å². The van der Waals surface area contributed by atoms with Gasteiger partial charge in [-0.3, -0.25) is 0 Å². The Bertz CT molecular complexity index is 426. The first-order valence-corrected chi connectivity index (χ1v) is 4.39. The van der Waals surface area contributed by atoms with Crippen molar-refractivity contribution in [3.63, 3.8) is 0 Å². The molecule has 0 spiro atoms. The molecule has 0 saturated heterocycles. The molecular formula is C10H11N3O3. The van der Waals surface area contributed by atoms with Crippen molar-refractivity contribution in [2.45, 2.75) is 0 Å². The molecule has 0 aliphatic carbocycles. The highest BCUT2D eigenvalue weighted by molar-refractivity contribution is 5.91. The van der Waals surface area contributed by atoms with Crippen molar-refractivity contribution in [1.82, 2.24) is 5.32 Å². The Balaban J connectivity index is 2.88. The van der Waals surface area contributed by atoms with Crippen LogP contribution in [-0.2, 0) is 0 Å². The predicted molar refractivity (Wildman–Crippen MR) is 57.3 cm³/mol. The number of nitriles is 1. The molecule has 0 aliphatic heterocycles. The van der Waals surface area contributed by atoms with Crippen molar-refractivity contribution in [2.75, 3.05) is 19.5 Å². The van der Waals surface area contributed by atoms with Crippen LogP contribution in [-0.4, -0.2) is 20.3 Å². The second kappa shape index (κ2) is 5.46. The molecule has 0 atom stereocenters. The average Bonchev–Trinajstić information content (AvgIpc) is 2.30. The third-order valence-corrected chi connectivity index (χ3v) is 1.83. The maximum atomic E-state index is 11.1. The zero-order valence-electron chi connectivity index (χ0n) is 8.90. The van der Waals surface area contributed by atoms with Crippen LogP contribution >= 0.6 is 0 Å². The highest BCUT2D eigenvalue weighted by Gasteiger charge is 2.07. The molecule has 2 N–H and O–H groups in total. The summed E-state index contributed by atoms with van der Waals surface area (Å²) >= 11 is 0. The first-order chi connectivity index (χ1) is 7.71. The number of hydrogen-bond donors (Lipinski definition) is 2. The number of nitrogens with one attached hydrogen (secondary N) is 2. The van der Waals surface area contributed by atoms with Gasteiger partial charge in [0.05, 0.1) is 19.9 Å². The van der Waals surface area contributed by atoms with E-state index in [1.54, 1.807) is 18.2 Å². The molecule has 1 aromatic rings. The quantitative estimate of drug-likeness (QED) is 0.595. The summed E-state index contributed by atoms with van der Waals surface area (Å²) in [5.74, 6) is 1.07. The van der Waals surface area contributed by atoms with E-state index in [-0.39, 0.29) is 0 Å². The molecule has 1 aromatic carbocycles. The fraction of sp³-hybridized carbons (Fsp3) is 0.200. The molecule has 1 rings (SSSR count). The fourth-order valence-corrected chi connectivity index (χ4v) is 1.11. The first kappa shape index (κ1) is 11.7. The van der Waals surface area contributed by atoms with Gasteiger partial charge in [0.15, 0.2) is 6.19 Å². The van der Waals surface area contributed by atoms with Crippen LogP contribution in [0, 0.1) is 11.5 Å². The molecule has 0 aliphatic rings. The van der Waals surface area contributed by atoms with Gasteiger partial charge in [0.2, 0.25) is 0 Å². The van der Waals surface area contributed by atoms with Crippen LogP contribution in [0.3, 0.4) is 0 Å². The maximum absolute atomic E-state index is 11.1. The van der Waals surface area contributed by atoms with Crippen LogP contribution in [0.15, 0.2) is 18.2 Å². The number of amides is 2. The van der Waals surface area contributed by atoms with Crippen LogP contribution in [0.1, 0.15) is 0 Å². The lowest BCUT2D eigenvalue weighted by Crippen LogP contribution is -2.24. The molecule has 0 fully saturated rings. The first-order valence-electron chi connectivity index (χ1n) is 4.39. The summed E-state index contributed by atoms with van der Waals surface area (Å²) in [6.45, 7) is 0. The SMILES string of the molecule is COc1ccc(NC(=O)NC#N)c(OC)c1. The lowest BCUT2D eigenvalue weighted by Gasteiger charge is -2.10. The van der Waals surface area contributed by atoms with Crippen LogP contribution in [0.4, 0.5) is 10.5 Å². The molecule has 6 heteroatoms. The van der Waals surface area contributed by atoms with Gasteiger partial charge in [-0.1, -0.05) is 0 Å². The number of urea groups is 1. The summed E-state index contributed by atoms with van der Waals surface area (Å²) in [4.78, 5) is 11.1. The van der Waals surface area contributed by atoms with Crippen molar-refractivity contribution in [3.05, 3.63) is 18.2 Å².